The molecule has 3 N–H and O–H groups in total. The van der Waals surface area contributed by atoms with Crippen molar-refractivity contribution in [3.63, 3.8) is 0 Å². The summed E-state index contributed by atoms with van der Waals surface area (Å²) in [5, 5.41) is 4.01. The van der Waals surface area contributed by atoms with Crippen LogP contribution in [-0.2, 0) is 0 Å². The fraction of sp³-hybridized carbons (Fsp3) is 0.222. The number of aromatic nitrogens is 1. The zero-order chi connectivity index (χ0) is 11.5. The van der Waals surface area contributed by atoms with Crippen LogP contribution in [0.15, 0.2) is 17.4 Å². The van der Waals surface area contributed by atoms with Crippen molar-refractivity contribution in [3.05, 3.63) is 23.8 Å². The Balaban J connectivity index is 2.37. The predicted molar refractivity (Wildman–Crippen MR) is 60.8 cm³/mol. The highest BCUT2D eigenvalue weighted by Crippen LogP contribution is 2.25. The van der Waals surface area contributed by atoms with Crippen LogP contribution in [-0.4, -0.2) is 22.4 Å². The predicted octanol–water partition coefficient (Wildman–Crippen LogP) is 0.541. The molecular weight excluding hydrogens is 231 g/mol. The highest BCUT2D eigenvalue weighted by atomic mass is 32.1. The summed E-state index contributed by atoms with van der Waals surface area (Å²) in [6.45, 7) is 0.355. The minimum atomic E-state index is -0.451. The van der Waals surface area contributed by atoms with Gasteiger partial charge in [-0.15, -0.1) is 0 Å². The summed E-state index contributed by atoms with van der Waals surface area (Å²) in [5.41, 5.74) is 8.66. The van der Waals surface area contributed by atoms with Gasteiger partial charge in [0.1, 0.15) is 5.69 Å². The molecule has 1 aliphatic rings. The quantitative estimate of drug-likeness (QED) is 0.553. The molecule has 0 unspecified atom stereocenters. The van der Waals surface area contributed by atoms with Crippen molar-refractivity contribution in [1.29, 1.82) is 0 Å². The van der Waals surface area contributed by atoms with E-state index in [0.717, 1.165) is 0 Å². The van der Waals surface area contributed by atoms with Gasteiger partial charge in [-0.2, -0.15) is 5.10 Å². The second kappa shape index (κ2) is 4.40. The molecule has 16 heavy (non-hydrogen) atoms. The molecule has 2 heterocycles. The number of hydrogen-bond donors (Lipinski definition) is 2. The molecule has 0 spiro atoms. The van der Waals surface area contributed by atoms with E-state index in [1.54, 1.807) is 0 Å². The first-order valence-electron chi connectivity index (χ1n) is 4.58. The third kappa shape index (κ3) is 2.08. The Morgan fingerprint density at radius 1 is 1.69 bits per heavy atom. The number of nitrogens with zero attached hydrogens (tertiary/aromatic N) is 2. The van der Waals surface area contributed by atoms with E-state index in [-0.39, 0.29) is 10.9 Å². The average Bonchev–Trinajstić information content (AvgIpc) is 2.27. The molecule has 1 aromatic rings. The van der Waals surface area contributed by atoms with Gasteiger partial charge in [-0.1, -0.05) is 0 Å². The molecule has 0 amide bonds. The van der Waals surface area contributed by atoms with Crippen molar-refractivity contribution in [2.45, 2.75) is 6.42 Å². The molecule has 7 heteroatoms. The van der Waals surface area contributed by atoms with Gasteiger partial charge in [0.15, 0.2) is 16.7 Å². The minimum absolute atomic E-state index is 0.0527. The van der Waals surface area contributed by atoms with Crippen molar-refractivity contribution in [2.24, 2.45) is 10.8 Å². The first-order chi connectivity index (χ1) is 7.68. The summed E-state index contributed by atoms with van der Waals surface area (Å²) < 4.78 is 18.5. The highest BCUT2D eigenvalue weighted by molar-refractivity contribution is 7.80. The molecule has 0 radical (unpaired) electrons. The molecule has 0 bridgehead atoms. The summed E-state index contributed by atoms with van der Waals surface area (Å²) in [6.07, 6.45) is 1.89. The lowest BCUT2D eigenvalue weighted by atomic mass is 10.1. The van der Waals surface area contributed by atoms with Gasteiger partial charge in [-0.25, -0.2) is 4.39 Å². The molecule has 1 aliphatic heterocycles. The highest BCUT2D eigenvalue weighted by Gasteiger charge is 2.21. The van der Waals surface area contributed by atoms with Crippen LogP contribution >= 0.6 is 12.2 Å². The van der Waals surface area contributed by atoms with Crippen molar-refractivity contribution in [3.8, 4) is 5.75 Å². The first-order valence-corrected chi connectivity index (χ1v) is 4.99. The van der Waals surface area contributed by atoms with Crippen LogP contribution in [0, 0.1) is 5.82 Å². The van der Waals surface area contributed by atoms with E-state index >= 15 is 0 Å². The van der Waals surface area contributed by atoms with E-state index in [4.69, 9.17) is 10.5 Å². The number of hydrogen-bond acceptors (Lipinski definition) is 4. The van der Waals surface area contributed by atoms with Crippen LogP contribution in [0.5, 0.6) is 5.75 Å². The second-order valence-corrected chi connectivity index (χ2v) is 3.54. The Morgan fingerprint density at radius 3 is 3.25 bits per heavy atom. The molecule has 2 rings (SSSR count). The van der Waals surface area contributed by atoms with Crippen molar-refractivity contribution in [1.82, 2.24) is 10.4 Å². The van der Waals surface area contributed by atoms with Gasteiger partial charge < -0.3 is 10.5 Å². The average molecular weight is 240 g/mol. The second-order valence-electron chi connectivity index (χ2n) is 3.10. The topological polar surface area (TPSA) is 72.5 Å². The van der Waals surface area contributed by atoms with Crippen LogP contribution in [0.3, 0.4) is 0 Å². The van der Waals surface area contributed by atoms with Crippen LogP contribution in [0.4, 0.5) is 4.39 Å². The molecule has 0 saturated carbocycles. The number of thiocarbonyl (C=S) groups is 1. The largest absolute Gasteiger partial charge is 0.488 e. The van der Waals surface area contributed by atoms with E-state index in [0.29, 0.717) is 24.4 Å². The lowest BCUT2D eigenvalue weighted by Gasteiger charge is -2.18. The summed E-state index contributed by atoms with van der Waals surface area (Å²) in [6, 6.07) is 1.24. The molecule has 0 fully saturated rings. The molecule has 0 aliphatic carbocycles. The monoisotopic (exact) mass is 240 g/mol. The van der Waals surface area contributed by atoms with E-state index < -0.39 is 5.82 Å². The van der Waals surface area contributed by atoms with Crippen LogP contribution < -0.4 is 15.9 Å². The van der Waals surface area contributed by atoms with Crippen LogP contribution in [0.2, 0.25) is 0 Å². The fourth-order valence-electron chi connectivity index (χ4n) is 1.37. The van der Waals surface area contributed by atoms with Crippen LogP contribution in [0.25, 0.3) is 0 Å². The van der Waals surface area contributed by atoms with Crippen LogP contribution in [0.1, 0.15) is 12.1 Å². The maximum absolute atomic E-state index is 13.4. The maximum atomic E-state index is 13.4. The number of nitrogens with one attached hydrogen (secondary N) is 1. The lowest BCUT2D eigenvalue weighted by molar-refractivity contribution is 0.300. The van der Waals surface area contributed by atoms with Crippen molar-refractivity contribution >= 4 is 23.0 Å². The molecule has 0 atom stereocenters. The third-order valence-corrected chi connectivity index (χ3v) is 2.11. The number of halogens is 1. The molecule has 0 aromatic carbocycles. The third-order valence-electron chi connectivity index (χ3n) is 2.02. The zero-order valence-corrected chi connectivity index (χ0v) is 9.05. The number of ether oxygens (including phenoxy) is 1. The summed E-state index contributed by atoms with van der Waals surface area (Å²) in [4.78, 5) is 4.02. The number of fused-ring (bicyclic) bond motifs is 1. The van der Waals surface area contributed by atoms with Gasteiger partial charge in [0.05, 0.1) is 12.3 Å². The molecule has 84 valence electrons. The van der Waals surface area contributed by atoms with E-state index in [1.165, 1.54) is 12.3 Å². The van der Waals surface area contributed by atoms with E-state index in [1.807, 2.05) is 0 Å². The lowest BCUT2D eigenvalue weighted by Crippen LogP contribution is -2.28. The Labute approximate surface area is 96.5 Å². The summed E-state index contributed by atoms with van der Waals surface area (Å²) >= 11 is 4.62. The smallest absolute Gasteiger partial charge is 0.184 e. The number of pyridine rings is 1. The maximum Gasteiger partial charge on any atom is 0.184 e. The normalized spacial score (nSPS) is 16.4. The Bertz CT molecular complexity index is 463. The Hall–Kier alpha value is -1.76. The zero-order valence-electron chi connectivity index (χ0n) is 8.24. The van der Waals surface area contributed by atoms with Crippen molar-refractivity contribution in [2.75, 3.05) is 6.61 Å². The van der Waals surface area contributed by atoms with Gasteiger partial charge in [0.25, 0.3) is 0 Å². The van der Waals surface area contributed by atoms with Gasteiger partial charge >= 0.3 is 0 Å². The Kier molecular flexibility index (Phi) is 2.95. The molecule has 5 nitrogen and oxygen atoms in total. The Morgan fingerprint density at radius 2 is 2.50 bits per heavy atom. The first kappa shape index (κ1) is 10.7. The van der Waals surface area contributed by atoms with Gasteiger partial charge in [0.2, 0.25) is 0 Å². The molecular formula is C9H9FN4OS. The summed E-state index contributed by atoms with van der Waals surface area (Å²) in [5.74, 6) is -0.329. The summed E-state index contributed by atoms with van der Waals surface area (Å²) in [7, 11) is 0. The SMILES string of the molecule is NC(=S)N/N=C1/CCOc2c(F)ccnc21. The van der Waals surface area contributed by atoms with Crippen molar-refractivity contribution < 1.29 is 9.13 Å². The number of rotatable bonds is 1. The molecule has 0 saturated heterocycles. The standard InChI is InChI=1S/C9H9FN4OS/c10-5-1-3-12-7-6(13-14-9(11)16)2-4-15-8(5)7/h1,3H,2,4H2,(H3,11,14,16)/b13-6-. The van der Waals surface area contributed by atoms with Gasteiger partial charge in [0, 0.05) is 12.6 Å². The van der Waals surface area contributed by atoms with Gasteiger partial charge in [-0.3, -0.25) is 10.4 Å². The number of nitrogens with two attached hydrogens (primary N) is 1. The molecule has 1 aromatic heterocycles. The number of hydrazone groups is 1. The van der Waals surface area contributed by atoms with Gasteiger partial charge in [-0.05, 0) is 18.3 Å². The van der Waals surface area contributed by atoms with E-state index in [9.17, 15) is 4.39 Å². The fourth-order valence-corrected chi connectivity index (χ4v) is 1.41. The van der Waals surface area contributed by atoms with E-state index in [2.05, 4.69) is 27.7 Å². The minimum Gasteiger partial charge on any atom is -0.488 e.